The Kier molecular flexibility index (Phi) is 9.60. The fourth-order valence-corrected chi connectivity index (χ4v) is 3.92. The largest absolute Gasteiger partial charge is 0.393 e. The van der Waals surface area contributed by atoms with E-state index in [1.54, 1.807) is 0 Å². The number of hydrogen-bond acceptors (Lipinski definition) is 2. The van der Waals surface area contributed by atoms with Gasteiger partial charge in [0.1, 0.15) is 0 Å². The van der Waals surface area contributed by atoms with Crippen molar-refractivity contribution in [1.29, 1.82) is 0 Å². The Labute approximate surface area is 193 Å². The van der Waals surface area contributed by atoms with Gasteiger partial charge in [-0.15, -0.1) is 0 Å². The Morgan fingerprint density at radius 3 is 1.61 bits per heavy atom. The molecule has 2 nitrogen and oxygen atoms in total. The van der Waals surface area contributed by atoms with E-state index in [0.29, 0.717) is 11.8 Å². The lowest BCUT2D eigenvalue weighted by atomic mass is 9.76. The van der Waals surface area contributed by atoms with Crippen LogP contribution < -0.4 is 0 Å². The first kappa shape index (κ1) is 27.9. The van der Waals surface area contributed by atoms with Gasteiger partial charge in [0.2, 0.25) is 0 Å². The summed E-state index contributed by atoms with van der Waals surface area (Å²) in [7, 11) is 0. The molecule has 0 heterocycles. The summed E-state index contributed by atoms with van der Waals surface area (Å²) >= 11 is 0. The Morgan fingerprint density at radius 2 is 1.29 bits per heavy atom. The second kappa shape index (κ2) is 10.7. The van der Waals surface area contributed by atoms with Gasteiger partial charge in [0.25, 0.3) is 0 Å². The van der Waals surface area contributed by atoms with Gasteiger partial charge in [0.15, 0.2) is 0 Å². The van der Waals surface area contributed by atoms with Gasteiger partial charge in [-0.25, -0.2) is 0 Å². The summed E-state index contributed by atoms with van der Waals surface area (Å²) in [6, 6.07) is 0. The predicted octanol–water partition coefficient (Wildman–Crippen LogP) is 7.49. The van der Waals surface area contributed by atoms with Crippen LogP contribution in [0.2, 0.25) is 0 Å². The molecule has 5 atom stereocenters. The second-order valence-corrected chi connectivity index (χ2v) is 11.7. The summed E-state index contributed by atoms with van der Waals surface area (Å²) in [5.41, 5.74) is 3.39. The lowest BCUT2D eigenvalue weighted by Crippen LogP contribution is -2.25. The number of hydrogen-bond donors (Lipinski definition) is 2. The van der Waals surface area contributed by atoms with Crippen LogP contribution in [0.15, 0.2) is 47.6 Å². The van der Waals surface area contributed by atoms with Crippen LogP contribution in [0.25, 0.3) is 0 Å². The van der Waals surface area contributed by atoms with Crippen LogP contribution in [0.5, 0.6) is 0 Å². The lowest BCUT2D eigenvalue weighted by Gasteiger charge is -2.29. The van der Waals surface area contributed by atoms with Crippen LogP contribution in [0, 0.1) is 34.0 Å². The molecule has 0 fully saturated rings. The molecule has 5 unspecified atom stereocenters. The molecule has 178 valence electrons. The zero-order valence-corrected chi connectivity index (χ0v) is 22.2. The molecular formula is C29H50O2. The molecule has 0 amide bonds. The summed E-state index contributed by atoms with van der Waals surface area (Å²) in [6.45, 7) is 23.6. The van der Waals surface area contributed by atoms with E-state index in [1.807, 2.05) is 13.8 Å². The van der Waals surface area contributed by atoms with Crippen molar-refractivity contribution in [3.63, 3.8) is 0 Å². The van der Waals surface area contributed by atoms with Gasteiger partial charge in [-0.3, -0.25) is 0 Å². The van der Waals surface area contributed by atoms with Crippen molar-refractivity contribution in [1.82, 2.24) is 0 Å². The smallest absolute Gasteiger partial charge is 0.0597 e. The Morgan fingerprint density at radius 1 is 0.871 bits per heavy atom. The molecule has 0 saturated carbocycles. The van der Waals surface area contributed by atoms with Crippen LogP contribution in [0.3, 0.4) is 0 Å². The Bertz CT molecular complexity index is 698. The van der Waals surface area contributed by atoms with Crippen molar-refractivity contribution in [2.45, 2.75) is 101 Å². The van der Waals surface area contributed by atoms with Gasteiger partial charge >= 0.3 is 0 Å². The Hall–Kier alpha value is -1.12. The van der Waals surface area contributed by atoms with Crippen molar-refractivity contribution in [2.75, 3.05) is 0 Å². The van der Waals surface area contributed by atoms with Crippen molar-refractivity contribution < 1.29 is 10.2 Å². The summed E-state index contributed by atoms with van der Waals surface area (Å²) < 4.78 is 0. The molecule has 2 N–H and O–H groups in total. The quantitative estimate of drug-likeness (QED) is 0.428. The third kappa shape index (κ3) is 7.19. The molecular weight excluding hydrogens is 380 g/mol. The minimum absolute atomic E-state index is 0.132. The van der Waals surface area contributed by atoms with Crippen molar-refractivity contribution in [2.24, 2.45) is 34.0 Å². The molecule has 0 aromatic carbocycles. The average Bonchev–Trinajstić information content (AvgIpc) is 3.06. The van der Waals surface area contributed by atoms with Crippen LogP contribution in [0.1, 0.15) is 89.0 Å². The van der Waals surface area contributed by atoms with Crippen LogP contribution in [-0.2, 0) is 0 Å². The zero-order valence-electron chi connectivity index (χ0n) is 22.2. The predicted molar refractivity (Wildman–Crippen MR) is 136 cm³/mol. The molecule has 2 heteroatoms. The number of rotatable bonds is 6. The van der Waals surface area contributed by atoms with Crippen LogP contribution >= 0.6 is 0 Å². The van der Waals surface area contributed by atoms with E-state index in [9.17, 15) is 10.2 Å². The van der Waals surface area contributed by atoms with Gasteiger partial charge in [0.05, 0.1) is 12.2 Å². The highest BCUT2D eigenvalue weighted by Gasteiger charge is 2.34. The van der Waals surface area contributed by atoms with Gasteiger partial charge in [-0.2, -0.15) is 0 Å². The molecule has 0 spiro atoms. The summed E-state index contributed by atoms with van der Waals surface area (Å²) in [6.07, 6.45) is 15.3. The molecule has 0 aromatic heterocycles. The standard InChI is InChI=1S/C15H26O.C14H24O/c1-11-7-8-13(15(11,5)6)9-10-14(3,4)12(2)16;1-10(12(3)15)6-8-13-9-7-11(2)14(13,4)5/h7,9-10,12-13,16H,8H2,1-6H3;6-8,10,12-13,15H,9H2,1-5H3/b10-9+;8-6+. The fraction of sp³-hybridized carbons (Fsp3) is 0.724. The average molecular weight is 431 g/mol. The molecule has 0 saturated heterocycles. The fourth-order valence-electron chi connectivity index (χ4n) is 3.92. The van der Waals surface area contributed by atoms with Gasteiger partial charge in [-0.1, -0.05) is 96.1 Å². The highest BCUT2D eigenvalue weighted by molar-refractivity contribution is 5.23. The van der Waals surface area contributed by atoms with Gasteiger partial charge < -0.3 is 10.2 Å². The summed E-state index contributed by atoms with van der Waals surface area (Å²) in [5.74, 6) is 1.42. The SMILES string of the molecule is CC1=CCC(/C=C/C(C)(C)C(C)O)C1(C)C.CC1=CCC(/C=C/C(C)C(C)O)C1(C)C. The number of aliphatic hydroxyl groups is 2. The van der Waals surface area contributed by atoms with E-state index in [0.717, 1.165) is 12.8 Å². The molecule has 0 aliphatic heterocycles. The van der Waals surface area contributed by atoms with E-state index in [4.69, 9.17) is 0 Å². The summed E-state index contributed by atoms with van der Waals surface area (Å²) in [4.78, 5) is 0. The second-order valence-electron chi connectivity index (χ2n) is 11.7. The first-order chi connectivity index (χ1) is 14.0. The van der Waals surface area contributed by atoms with Crippen molar-refractivity contribution >= 4 is 0 Å². The normalized spacial score (nSPS) is 28.2. The van der Waals surface area contributed by atoms with Crippen LogP contribution in [0.4, 0.5) is 0 Å². The molecule has 2 aliphatic carbocycles. The number of allylic oxidation sites excluding steroid dienone is 6. The van der Waals surface area contributed by atoms with Crippen molar-refractivity contribution in [3.8, 4) is 0 Å². The summed E-state index contributed by atoms with van der Waals surface area (Å²) in [5, 5.41) is 19.1. The molecule has 0 bridgehead atoms. The first-order valence-electron chi connectivity index (χ1n) is 12.1. The monoisotopic (exact) mass is 430 g/mol. The molecule has 0 aromatic rings. The molecule has 2 rings (SSSR count). The van der Waals surface area contributed by atoms with E-state index in [2.05, 4.69) is 98.8 Å². The maximum absolute atomic E-state index is 9.67. The minimum atomic E-state index is -0.303. The van der Waals surface area contributed by atoms with Gasteiger partial charge in [-0.05, 0) is 69.1 Å². The van der Waals surface area contributed by atoms with Crippen LogP contribution in [-0.4, -0.2) is 22.4 Å². The third-order valence-corrected chi connectivity index (χ3v) is 8.49. The topological polar surface area (TPSA) is 40.5 Å². The maximum Gasteiger partial charge on any atom is 0.0597 e. The first-order valence-corrected chi connectivity index (χ1v) is 12.1. The minimum Gasteiger partial charge on any atom is -0.393 e. The molecule has 2 aliphatic rings. The Balaban J connectivity index is 0.000000311. The molecule has 0 radical (unpaired) electrons. The zero-order chi connectivity index (χ0) is 24.2. The molecule has 31 heavy (non-hydrogen) atoms. The number of aliphatic hydroxyl groups excluding tert-OH is 2. The highest BCUT2D eigenvalue weighted by Crippen LogP contribution is 2.45. The highest BCUT2D eigenvalue weighted by atomic mass is 16.3. The van der Waals surface area contributed by atoms with E-state index < -0.39 is 0 Å². The van der Waals surface area contributed by atoms with Gasteiger partial charge in [0, 0.05) is 5.41 Å². The maximum atomic E-state index is 9.67. The van der Waals surface area contributed by atoms with E-state index in [1.165, 1.54) is 11.1 Å². The van der Waals surface area contributed by atoms with Crippen molar-refractivity contribution in [3.05, 3.63) is 47.6 Å². The van der Waals surface area contributed by atoms with E-state index >= 15 is 0 Å². The third-order valence-electron chi connectivity index (χ3n) is 8.49. The lowest BCUT2D eigenvalue weighted by molar-refractivity contribution is 0.0989. The van der Waals surface area contributed by atoms with E-state index in [-0.39, 0.29) is 34.4 Å².